The van der Waals surface area contributed by atoms with Crippen molar-refractivity contribution in [3.63, 3.8) is 0 Å². The van der Waals surface area contributed by atoms with Crippen molar-refractivity contribution >= 4 is 0 Å². The Morgan fingerprint density at radius 1 is 1.06 bits per heavy atom. The Morgan fingerprint density at radius 3 is 2.53 bits per heavy atom. The number of ether oxygens (including phenoxy) is 1. The largest absolute Gasteiger partial charge is 0.491 e. The van der Waals surface area contributed by atoms with E-state index in [0.717, 1.165) is 0 Å². The van der Waals surface area contributed by atoms with E-state index in [9.17, 15) is 9.50 Å². The number of hydrogen-bond donors (Lipinski definition) is 1. The zero-order chi connectivity index (χ0) is 12.1. The SMILES string of the molecule is OC(COc1ccccc1)c1cccc(F)c1. The lowest BCUT2D eigenvalue weighted by Gasteiger charge is -2.12. The molecule has 0 saturated heterocycles. The van der Waals surface area contributed by atoms with Crippen molar-refractivity contribution in [2.45, 2.75) is 6.10 Å². The van der Waals surface area contributed by atoms with Gasteiger partial charge in [0.2, 0.25) is 0 Å². The molecule has 0 fully saturated rings. The third-order valence-corrected chi connectivity index (χ3v) is 2.38. The van der Waals surface area contributed by atoms with Crippen LogP contribution in [0.3, 0.4) is 0 Å². The van der Waals surface area contributed by atoms with E-state index in [1.54, 1.807) is 24.3 Å². The second-order valence-electron chi connectivity index (χ2n) is 3.69. The molecule has 2 rings (SSSR count). The summed E-state index contributed by atoms with van der Waals surface area (Å²) in [5.74, 6) is 0.323. The highest BCUT2D eigenvalue weighted by Crippen LogP contribution is 2.16. The average molecular weight is 232 g/mol. The van der Waals surface area contributed by atoms with Gasteiger partial charge in [-0.15, -0.1) is 0 Å². The van der Waals surface area contributed by atoms with Crippen LogP contribution < -0.4 is 4.74 Å². The van der Waals surface area contributed by atoms with Gasteiger partial charge in [0.1, 0.15) is 24.3 Å². The van der Waals surface area contributed by atoms with Gasteiger partial charge < -0.3 is 9.84 Å². The highest BCUT2D eigenvalue weighted by atomic mass is 19.1. The van der Waals surface area contributed by atoms with Gasteiger partial charge in [-0.25, -0.2) is 4.39 Å². The molecule has 0 bridgehead atoms. The van der Waals surface area contributed by atoms with Crippen LogP contribution in [0.15, 0.2) is 54.6 Å². The number of aliphatic hydroxyl groups excluding tert-OH is 1. The molecule has 2 aromatic carbocycles. The third kappa shape index (κ3) is 3.29. The maximum Gasteiger partial charge on any atom is 0.123 e. The second kappa shape index (κ2) is 5.46. The fourth-order valence-electron chi connectivity index (χ4n) is 1.50. The predicted octanol–water partition coefficient (Wildman–Crippen LogP) is 2.94. The average Bonchev–Trinajstić information content (AvgIpc) is 2.37. The lowest BCUT2D eigenvalue weighted by Crippen LogP contribution is -2.09. The zero-order valence-corrected chi connectivity index (χ0v) is 9.21. The first kappa shape index (κ1) is 11.6. The Bertz CT molecular complexity index is 471. The van der Waals surface area contributed by atoms with Crippen molar-refractivity contribution in [2.75, 3.05) is 6.61 Å². The molecular weight excluding hydrogens is 219 g/mol. The Kier molecular flexibility index (Phi) is 3.73. The van der Waals surface area contributed by atoms with Gasteiger partial charge in [0.05, 0.1) is 0 Å². The molecule has 0 aromatic heterocycles. The van der Waals surface area contributed by atoms with Crippen molar-refractivity contribution in [3.8, 4) is 5.75 Å². The first-order valence-corrected chi connectivity index (χ1v) is 5.37. The van der Waals surface area contributed by atoms with Crippen molar-refractivity contribution in [2.24, 2.45) is 0 Å². The quantitative estimate of drug-likeness (QED) is 0.878. The van der Waals surface area contributed by atoms with E-state index >= 15 is 0 Å². The predicted molar refractivity (Wildman–Crippen MR) is 63.3 cm³/mol. The monoisotopic (exact) mass is 232 g/mol. The topological polar surface area (TPSA) is 29.5 Å². The summed E-state index contributed by atoms with van der Waals surface area (Å²) >= 11 is 0. The molecule has 17 heavy (non-hydrogen) atoms. The summed E-state index contributed by atoms with van der Waals surface area (Å²) in [5.41, 5.74) is 0.515. The summed E-state index contributed by atoms with van der Waals surface area (Å²) in [4.78, 5) is 0. The van der Waals surface area contributed by atoms with Crippen LogP contribution in [0.1, 0.15) is 11.7 Å². The standard InChI is InChI=1S/C14H13FO2/c15-12-6-4-5-11(9-12)14(16)10-17-13-7-2-1-3-8-13/h1-9,14,16H,10H2. The number of aliphatic hydroxyl groups is 1. The van der Waals surface area contributed by atoms with Gasteiger partial charge in [0.15, 0.2) is 0 Å². The normalized spacial score (nSPS) is 12.1. The molecule has 0 aliphatic heterocycles. The van der Waals surface area contributed by atoms with E-state index in [0.29, 0.717) is 11.3 Å². The van der Waals surface area contributed by atoms with Gasteiger partial charge in [0.25, 0.3) is 0 Å². The van der Waals surface area contributed by atoms with E-state index in [2.05, 4.69) is 0 Å². The molecule has 2 nitrogen and oxygen atoms in total. The van der Waals surface area contributed by atoms with Gasteiger partial charge in [-0.3, -0.25) is 0 Å². The Balaban J connectivity index is 1.96. The summed E-state index contributed by atoms with van der Waals surface area (Å²) in [6.45, 7) is 0.105. The summed E-state index contributed by atoms with van der Waals surface area (Å²) < 4.78 is 18.3. The summed E-state index contributed by atoms with van der Waals surface area (Å²) in [5, 5.41) is 9.81. The van der Waals surface area contributed by atoms with Crippen LogP contribution in [0, 0.1) is 5.82 Å². The lowest BCUT2D eigenvalue weighted by molar-refractivity contribution is 0.108. The molecule has 1 atom stereocenters. The van der Waals surface area contributed by atoms with Crippen LogP contribution >= 0.6 is 0 Å². The van der Waals surface area contributed by atoms with Gasteiger partial charge in [-0.1, -0.05) is 30.3 Å². The zero-order valence-electron chi connectivity index (χ0n) is 9.21. The molecule has 0 spiro atoms. The van der Waals surface area contributed by atoms with Crippen LogP contribution in [0.25, 0.3) is 0 Å². The number of benzene rings is 2. The van der Waals surface area contributed by atoms with E-state index in [-0.39, 0.29) is 12.4 Å². The molecule has 1 unspecified atom stereocenters. The van der Waals surface area contributed by atoms with E-state index in [1.165, 1.54) is 12.1 Å². The Hall–Kier alpha value is -1.87. The second-order valence-corrected chi connectivity index (χ2v) is 3.69. The molecular formula is C14H13FO2. The fourth-order valence-corrected chi connectivity index (χ4v) is 1.50. The fraction of sp³-hybridized carbons (Fsp3) is 0.143. The van der Waals surface area contributed by atoms with E-state index in [1.807, 2.05) is 18.2 Å². The Morgan fingerprint density at radius 2 is 1.82 bits per heavy atom. The van der Waals surface area contributed by atoms with Crippen molar-refractivity contribution in [1.82, 2.24) is 0 Å². The molecule has 88 valence electrons. The molecule has 0 radical (unpaired) electrons. The maximum absolute atomic E-state index is 12.9. The minimum Gasteiger partial charge on any atom is -0.491 e. The van der Waals surface area contributed by atoms with Gasteiger partial charge >= 0.3 is 0 Å². The van der Waals surface area contributed by atoms with E-state index < -0.39 is 6.10 Å². The molecule has 3 heteroatoms. The molecule has 0 aliphatic carbocycles. The molecule has 1 N–H and O–H groups in total. The number of rotatable bonds is 4. The number of halogens is 1. The molecule has 0 amide bonds. The van der Waals surface area contributed by atoms with Gasteiger partial charge in [-0.2, -0.15) is 0 Å². The van der Waals surface area contributed by atoms with Crippen molar-refractivity contribution < 1.29 is 14.2 Å². The first-order chi connectivity index (χ1) is 8.25. The van der Waals surface area contributed by atoms with Crippen LogP contribution in [0.4, 0.5) is 4.39 Å². The minimum absolute atomic E-state index is 0.105. The van der Waals surface area contributed by atoms with Crippen LogP contribution in [-0.4, -0.2) is 11.7 Å². The Labute approximate surface area is 99.3 Å². The highest BCUT2D eigenvalue weighted by molar-refractivity contribution is 5.22. The minimum atomic E-state index is -0.828. The van der Waals surface area contributed by atoms with Crippen molar-refractivity contribution in [3.05, 3.63) is 66.0 Å². The van der Waals surface area contributed by atoms with E-state index in [4.69, 9.17) is 4.74 Å². The number of hydrogen-bond acceptors (Lipinski definition) is 2. The van der Waals surface area contributed by atoms with Gasteiger partial charge in [-0.05, 0) is 29.8 Å². The summed E-state index contributed by atoms with van der Waals surface area (Å²) in [6, 6.07) is 15.1. The number of para-hydroxylation sites is 1. The smallest absolute Gasteiger partial charge is 0.123 e. The maximum atomic E-state index is 12.9. The third-order valence-electron chi connectivity index (χ3n) is 2.38. The molecule has 0 aliphatic rings. The van der Waals surface area contributed by atoms with Crippen molar-refractivity contribution in [1.29, 1.82) is 0 Å². The molecule has 0 heterocycles. The van der Waals surface area contributed by atoms with Crippen LogP contribution in [-0.2, 0) is 0 Å². The highest BCUT2D eigenvalue weighted by Gasteiger charge is 2.08. The first-order valence-electron chi connectivity index (χ1n) is 5.37. The molecule has 2 aromatic rings. The summed E-state index contributed by atoms with van der Waals surface area (Å²) in [7, 11) is 0. The van der Waals surface area contributed by atoms with Gasteiger partial charge in [0, 0.05) is 0 Å². The lowest BCUT2D eigenvalue weighted by atomic mass is 10.1. The molecule has 0 saturated carbocycles. The van der Waals surface area contributed by atoms with Crippen LogP contribution in [0.5, 0.6) is 5.75 Å². The summed E-state index contributed by atoms with van der Waals surface area (Å²) in [6.07, 6.45) is -0.828. The van der Waals surface area contributed by atoms with Crippen LogP contribution in [0.2, 0.25) is 0 Å².